The third-order valence-electron chi connectivity index (χ3n) is 17.4. The van der Waals surface area contributed by atoms with E-state index in [1.807, 2.05) is 0 Å². The van der Waals surface area contributed by atoms with E-state index < -0.39 is 7.57 Å². The largest absolute Gasteiger partial charge is 0.789 e. The molecular weight excluding hydrogens is 1100 g/mol. The van der Waals surface area contributed by atoms with Gasteiger partial charge in [-0.3, -0.25) is 0 Å². The second kappa shape index (κ2) is 52.4. The van der Waals surface area contributed by atoms with Gasteiger partial charge < -0.3 is 42.4 Å². The van der Waals surface area contributed by atoms with E-state index in [1.54, 1.807) is 56.5 Å². The zero-order valence-electron chi connectivity index (χ0n) is 57.2. The van der Waals surface area contributed by atoms with Crippen LogP contribution < -0.4 is 4.89 Å². The quantitative estimate of drug-likeness (QED) is 0.0421. The Balaban J connectivity index is 0. The minimum absolute atomic E-state index is 0.0164. The standard InChI is InChI=1S/3C14H28O2.C9H20.C4H10O3P.4C2H3N3/c3*1-6-8-9-15-14-12(5)10(3)11(4)13(7-2)16-14;1-5-9(6-2,7-3)8-4;1-4-7-8(3,5)6-2;4*1-2-4-5-3-1/h3*10-14H,6-9H2,1-5H3;5-8H2,1-4H3;3-4H2,1-2H3;4*1-2H,(H,3,4,5)/q;;;;-1;;;;/t3*10-,11-,12?,13?,14-;;;;;;/m000....../s1. The van der Waals surface area contributed by atoms with Gasteiger partial charge in [0.05, 0.1) is 67.9 Å². The van der Waals surface area contributed by atoms with Crippen LogP contribution in [-0.2, 0) is 37.5 Å². The van der Waals surface area contributed by atoms with Gasteiger partial charge in [-0.1, -0.05) is 183 Å². The summed E-state index contributed by atoms with van der Waals surface area (Å²) in [6.07, 6.45) is 32.6. The first-order chi connectivity index (χ1) is 40.7. The van der Waals surface area contributed by atoms with Gasteiger partial charge in [0.15, 0.2) is 18.9 Å². The van der Waals surface area contributed by atoms with Gasteiger partial charge in [-0.05, 0) is 86.4 Å². The lowest BCUT2D eigenvalue weighted by Crippen LogP contribution is -2.45. The van der Waals surface area contributed by atoms with Gasteiger partial charge >= 0.3 is 0 Å². The number of aromatic amines is 4. The summed E-state index contributed by atoms with van der Waals surface area (Å²) in [7, 11) is -1.61. The molecule has 0 aliphatic carbocycles. The van der Waals surface area contributed by atoms with Crippen molar-refractivity contribution in [3.8, 4) is 0 Å². The number of H-pyrrole nitrogens is 4. The van der Waals surface area contributed by atoms with Gasteiger partial charge in [0, 0.05) is 58.9 Å². The number of hydrogen-bond acceptors (Lipinski definition) is 17. The van der Waals surface area contributed by atoms with Crippen molar-refractivity contribution < 1.29 is 42.4 Å². The highest BCUT2D eigenvalue weighted by molar-refractivity contribution is 7.57. The number of ether oxygens (including phenoxy) is 6. The summed E-state index contributed by atoms with van der Waals surface area (Å²) in [5.41, 5.74) is 0.667. The Morgan fingerprint density at radius 3 is 0.776 bits per heavy atom. The summed E-state index contributed by atoms with van der Waals surface area (Å²) < 4.78 is 44.8. The molecule has 7 unspecified atom stereocenters. The fourth-order valence-corrected chi connectivity index (χ4v) is 10.4. The minimum Gasteiger partial charge on any atom is -0.789 e. The lowest BCUT2D eigenvalue weighted by atomic mass is 9.78. The lowest BCUT2D eigenvalue weighted by Gasteiger charge is -2.43. The first-order valence-corrected chi connectivity index (χ1v) is 34.1. The van der Waals surface area contributed by atoms with Crippen molar-refractivity contribution in [2.24, 2.45) is 58.7 Å². The first-order valence-electron chi connectivity index (χ1n) is 32.3. The molecule has 3 aliphatic rings. The number of rotatable bonds is 22. The van der Waals surface area contributed by atoms with E-state index in [-0.39, 0.29) is 18.9 Å². The number of hydrogen-bond donors (Lipinski definition) is 4. The molecule has 3 aliphatic heterocycles. The van der Waals surface area contributed by atoms with E-state index in [2.05, 4.69) is 209 Å². The Labute approximate surface area is 516 Å². The Kier molecular flexibility index (Phi) is 51.6. The van der Waals surface area contributed by atoms with Crippen molar-refractivity contribution >= 4 is 13.9 Å². The molecule has 21 nitrogen and oxygen atoms in total. The molecule has 3 fully saturated rings. The molecular formula is C63H126N12O9P-. The molecule has 4 aromatic heterocycles. The zero-order chi connectivity index (χ0) is 64.5. The van der Waals surface area contributed by atoms with E-state index in [9.17, 15) is 4.89 Å². The fraction of sp³-hybridized carbons (Fsp3) is 0.857. The fourth-order valence-electron chi connectivity index (χ4n) is 9.88. The van der Waals surface area contributed by atoms with Gasteiger partial charge in [0.1, 0.15) is 0 Å². The average molecular weight is 1230 g/mol. The lowest BCUT2D eigenvalue weighted by molar-refractivity contribution is -0.248. The Bertz CT molecular complexity index is 1660. The van der Waals surface area contributed by atoms with Crippen LogP contribution in [0, 0.1) is 58.7 Å². The highest BCUT2D eigenvalue weighted by atomic mass is 31.2. The Hall–Kier alpha value is -3.50. The average Bonchev–Trinajstić information content (AvgIpc) is 4.50. The van der Waals surface area contributed by atoms with E-state index in [4.69, 9.17) is 28.4 Å². The topological polar surface area (TPSA) is 263 Å². The maximum absolute atomic E-state index is 10.6. The maximum Gasteiger partial charge on any atom is 0.160 e. The predicted molar refractivity (Wildman–Crippen MR) is 344 cm³/mol. The van der Waals surface area contributed by atoms with Crippen LogP contribution in [0.3, 0.4) is 0 Å². The van der Waals surface area contributed by atoms with Crippen LogP contribution in [-0.4, -0.2) is 139 Å². The molecule has 498 valence electrons. The number of nitrogens with one attached hydrogen (secondary N) is 4. The highest BCUT2D eigenvalue weighted by Gasteiger charge is 2.41. The van der Waals surface area contributed by atoms with Crippen LogP contribution in [0.4, 0.5) is 0 Å². The molecule has 0 aromatic carbocycles. The van der Waals surface area contributed by atoms with Gasteiger partial charge in [-0.15, -0.1) is 0 Å². The smallest absolute Gasteiger partial charge is 0.160 e. The second-order valence-electron chi connectivity index (χ2n) is 22.5. The highest BCUT2D eigenvalue weighted by Crippen LogP contribution is 2.39. The molecule has 0 saturated carbocycles. The van der Waals surface area contributed by atoms with E-state index >= 15 is 0 Å². The van der Waals surface area contributed by atoms with Gasteiger partial charge in [-0.25, -0.2) is 0 Å². The molecule has 7 heterocycles. The van der Waals surface area contributed by atoms with Crippen molar-refractivity contribution in [1.82, 2.24) is 61.6 Å². The molecule has 85 heavy (non-hydrogen) atoms. The predicted octanol–water partition coefficient (Wildman–Crippen LogP) is 14.6. The summed E-state index contributed by atoms with van der Waals surface area (Å²) in [4.78, 5) is 10.6. The molecule has 16 atom stereocenters. The Morgan fingerprint density at radius 1 is 0.412 bits per heavy atom. The summed E-state index contributed by atoms with van der Waals surface area (Å²) >= 11 is 0. The van der Waals surface area contributed by atoms with Crippen molar-refractivity contribution in [2.75, 3.05) is 33.5 Å². The number of unbranched alkanes of at least 4 members (excludes halogenated alkanes) is 3. The zero-order valence-corrected chi connectivity index (χ0v) is 58.1. The molecule has 4 N–H and O–H groups in total. The maximum atomic E-state index is 10.6. The van der Waals surface area contributed by atoms with Crippen LogP contribution in [0.5, 0.6) is 0 Å². The van der Waals surface area contributed by atoms with Crippen LogP contribution in [0.1, 0.15) is 222 Å². The minimum atomic E-state index is -2.92. The summed E-state index contributed by atoms with van der Waals surface area (Å²) in [5, 5.41) is 37.3. The van der Waals surface area contributed by atoms with Crippen LogP contribution in [0.25, 0.3) is 0 Å². The molecule has 3 saturated heterocycles. The van der Waals surface area contributed by atoms with Gasteiger partial charge in [0.2, 0.25) is 0 Å². The summed E-state index contributed by atoms with van der Waals surface area (Å²) in [5.74, 6) is 5.52. The SMILES string of the molecule is C=P([O-])(OC)OCC.CCC(CC)(CC)CC.CCCCO[C@H]1OC(CC)[C@@H](C)[C@H](C)C1C.CCCCO[C@H]1OC(CC)[C@@H](C)[C@H](C)C1C.CCCCO[C@H]1OC(CC)[C@@H](C)[C@H](C)C1C.c1cn[nH]n1.c1cn[nH]n1.c1cn[nH]n1.c1cn[nH]n1. The van der Waals surface area contributed by atoms with Gasteiger partial charge in [-0.2, -0.15) is 61.6 Å². The van der Waals surface area contributed by atoms with Crippen molar-refractivity contribution in [2.45, 2.75) is 259 Å². The molecule has 0 spiro atoms. The van der Waals surface area contributed by atoms with E-state index in [0.29, 0.717) is 83.6 Å². The van der Waals surface area contributed by atoms with E-state index in [1.165, 1.54) is 52.1 Å². The summed E-state index contributed by atoms with van der Waals surface area (Å²) in [6.45, 7) is 47.7. The van der Waals surface area contributed by atoms with Crippen molar-refractivity contribution in [3.05, 3.63) is 49.6 Å². The first kappa shape index (κ1) is 83.6. The monoisotopic (exact) mass is 1230 g/mol. The molecule has 4 aromatic rings. The van der Waals surface area contributed by atoms with Crippen LogP contribution >= 0.6 is 7.57 Å². The third kappa shape index (κ3) is 36.5. The van der Waals surface area contributed by atoms with Crippen molar-refractivity contribution in [1.29, 1.82) is 0 Å². The number of nitrogens with zero attached hydrogens (tertiary/aromatic N) is 8. The number of aromatic nitrogens is 12. The van der Waals surface area contributed by atoms with Crippen molar-refractivity contribution in [3.63, 3.8) is 0 Å². The van der Waals surface area contributed by atoms with Crippen LogP contribution in [0.15, 0.2) is 49.6 Å². The van der Waals surface area contributed by atoms with Crippen LogP contribution in [0.2, 0.25) is 0 Å². The Morgan fingerprint density at radius 2 is 0.647 bits per heavy atom. The summed E-state index contributed by atoms with van der Waals surface area (Å²) in [6, 6.07) is 0. The molecule has 0 amide bonds. The molecule has 7 rings (SSSR count). The van der Waals surface area contributed by atoms with Gasteiger partial charge in [0.25, 0.3) is 0 Å². The normalized spacial score (nSPS) is 27.4. The molecule has 0 bridgehead atoms. The second-order valence-corrected chi connectivity index (χ2v) is 24.4. The molecule has 22 heteroatoms. The van der Waals surface area contributed by atoms with E-state index in [0.717, 1.165) is 58.3 Å². The molecule has 0 radical (unpaired) electrons. The third-order valence-corrected chi connectivity index (χ3v) is 18.6.